The average molecular weight is 400 g/mol. The maximum atomic E-state index is 10.9. The largest absolute Gasteiger partial charge is 0.507 e. The Bertz CT molecular complexity index is 947. The van der Waals surface area contributed by atoms with Crippen LogP contribution in [-0.4, -0.2) is 16.8 Å². The molecule has 0 bridgehead atoms. The Morgan fingerprint density at radius 2 is 1.79 bits per heavy atom. The van der Waals surface area contributed by atoms with Crippen LogP contribution in [0.2, 0.25) is 0 Å². The van der Waals surface area contributed by atoms with Crippen molar-refractivity contribution in [1.29, 1.82) is 0 Å². The van der Waals surface area contributed by atoms with Crippen molar-refractivity contribution in [2.75, 3.05) is 11.9 Å². The Morgan fingerprint density at radius 3 is 2.54 bits per heavy atom. The molecule has 1 aromatic heterocycles. The number of aliphatic hydroxyl groups is 1. The summed E-state index contributed by atoms with van der Waals surface area (Å²) in [7, 11) is 0. The third-order valence-corrected chi connectivity index (χ3v) is 5.73. The molecule has 0 fully saturated rings. The molecule has 120 valence electrons. The Hall–Kier alpha value is -2.24. The smallest absolute Gasteiger partial charge is 0.131 e. The van der Waals surface area contributed by atoms with E-state index in [9.17, 15) is 10.2 Å². The number of aromatic hydroxyl groups is 1. The lowest BCUT2D eigenvalue weighted by atomic mass is 9.95. The summed E-state index contributed by atoms with van der Waals surface area (Å²) in [4.78, 5) is 0. The fourth-order valence-corrected chi connectivity index (χ4v) is 4.11. The number of thiophene rings is 1. The molecule has 3 N–H and O–H groups in total. The predicted octanol–water partition coefficient (Wildman–Crippen LogP) is 5.74. The molecule has 2 heterocycles. The third-order valence-electron chi connectivity index (χ3n) is 4.12. The molecule has 5 heteroatoms. The first-order chi connectivity index (χ1) is 11.6. The third kappa shape index (κ3) is 2.50. The zero-order valence-corrected chi connectivity index (χ0v) is 15.0. The fraction of sp³-hybridized carbons (Fsp3) is 0.0526. The van der Waals surface area contributed by atoms with Crippen molar-refractivity contribution in [3.8, 4) is 16.9 Å². The Labute approximate surface area is 152 Å². The van der Waals surface area contributed by atoms with Gasteiger partial charge < -0.3 is 15.5 Å². The molecule has 0 spiro atoms. The second-order valence-electron chi connectivity index (χ2n) is 5.57. The summed E-state index contributed by atoms with van der Waals surface area (Å²) in [5, 5.41) is 27.2. The number of nitrogens with one attached hydrogen (secondary N) is 1. The zero-order valence-electron chi connectivity index (χ0n) is 12.6. The van der Waals surface area contributed by atoms with Gasteiger partial charge in [-0.15, -0.1) is 11.3 Å². The lowest BCUT2D eigenvalue weighted by Gasteiger charge is -2.20. The van der Waals surface area contributed by atoms with E-state index in [1.54, 1.807) is 17.4 Å². The van der Waals surface area contributed by atoms with Crippen molar-refractivity contribution < 1.29 is 10.2 Å². The van der Waals surface area contributed by atoms with E-state index >= 15 is 0 Å². The highest BCUT2D eigenvalue weighted by molar-refractivity contribution is 9.10. The van der Waals surface area contributed by atoms with Gasteiger partial charge in [-0.05, 0) is 39.2 Å². The molecule has 0 saturated heterocycles. The van der Waals surface area contributed by atoms with Crippen LogP contribution in [0.15, 0.2) is 58.4 Å². The first kappa shape index (κ1) is 15.3. The number of hydrogen-bond donors (Lipinski definition) is 3. The van der Waals surface area contributed by atoms with Gasteiger partial charge in [-0.1, -0.05) is 36.4 Å². The molecule has 24 heavy (non-hydrogen) atoms. The van der Waals surface area contributed by atoms with E-state index in [2.05, 4.69) is 21.2 Å². The summed E-state index contributed by atoms with van der Waals surface area (Å²) < 4.78 is 0.651. The van der Waals surface area contributed by atoms with Crippen molar-refractivity contribution in [3.05, 3.63) is 69.5 Å². The summed E-state index contributed by atoms with van der Waals surface area (Å²) >= 11 is 4.86. The number of phenols is 1. The summed E-state index contributed by atoms with van der Waals surface area (Å²) in [5.74, 6) is 0.483. The topological polar surface area (TPSA) is 52.5 Å². The average Bonchev–Trinajstić information content (AvgIpc) is 3.03. The summed E-state index contributed by atoms with van der Waals surface area (Å²) in [6.07, 6.45) is 0. The minimum absolute atomic E-state index is 0.183. The van der Waals surface area contributed by atoms with Crippen molar-refractivity contribution >= 4 is 43.6 Å². The molecular formula is C19H14BrNO2S. The van der Waals surface area contributed by atoms with Crippen molar-refractivity contribution in [3.63, 3.8) is 0 Å². The van der Waals surface area contributed by atoms with Gasteiger partial charge in [-0.2, -0.15) is 0 Å². The number of hydrogen-bond acceptors (Lipinski definition) is 4. The van der Waals surface area contributed by atoms with E-state index < -0.39 is 0 Å². The minimum Gasteiger partial charge on any atom is -0.507 e. The van der Waals surface area contributed by atoms with E-state index in [1.807, 2.05) is 47.8 Å². The molecule has 0 aliphatic carbocycles. The maximum absolute atomic E-state index is 10.9. The first-order valence-corrected chi connectivity index (χ1v) is 9.14. The van der Waals surface area contributed by atoms with Crippen LogP contribution in [0.3, 0.4) is 0 Å². The van der Waals surface area contributed by atoms with Crippen LogP contribution in [0.5, 0.6) is 5.75 Å². The van der Waals surface area contributed by atoms with Gasteiger partial charge in [-0.3, -0.25) is 0 Å². The normalized spacial score (nSPS) is 13.5. The van der Waals surface area contributed by atoms with Crippen LogP contribution in [0.1, 0.15) is 11.1 Å². The molecule has 0 saturated carbocycles. The van der Waals surface area contributed by atoms with Gasteiger partial charge in [0.15, 0.2) is 0 Å². The van der Waals surface area contributed by atoms with E-state index in [4.69, 9.17) is 0 Å². The summed E-state index contributed by atoms with van der Waals surface area (Å²) in [6, 6.07) is 15.3. The standard InChI is InChI=1S/C19H14BrNO2S/c20-15-7-6-12(8-16(15)22)14-10-24-19-17(14)18(23)13(9-21-19)11-4-2-1-3-5-11/h1-8,10,21-23H,9H2. The number of benzene rings is 2. The maximum Gasteiger partial charge on any atom is 0.131 e. The Kier molecular flexibility index (Phi) is 3.82. The number of rotatable bonds is 2. The van der Waals surface area contributed by atoms with Gasteiger partial charge >= 0.3 is 0 Å². The van der Waals surface area contributed by atoms with E-state index in [-0.39, 0.29) is 5.75 Å². The predicted molar refractivity (Wildman–Crippen MR) is 103 cm³/mol. The van der Waals surface area contributed by atoms with Gasteiger partial charge in [-0.25, -0.2) is 0 Å². The molecule has 0 radical (unpaired) electrons. The summed E-state index contributed by atoms with van der Waals surface area (Å²) in [6.45, 7) is 0.592. The van der Waals surface area contributed by atoms with Gasteiger partial charge in [0.2, 0.25) is 0 Å². The number of halogens is 1. The van der Waals surface area contributed by atoms with E-state index in [0.29, 0.717) is 16.8 Å². The lowest BCUT2D eigenvalue weighted by Crippen LogP contribution is -2.12. The number of phenolic OH excluding ortho intramolecular Hbond substituents is 1. The Morgan fingerprint density at radius 1 is 1.00 bits per heavy atom. The van der Waals surface area contributed by atoms with Gasteiger partial charge in [0.1, 0.15) is 16.5 Å². The van der Waals surface area contributed by atoms with E-state index in [1.165, 1.54) is 0 Å². The van der Waals surface area contributed by atoms with Crippen molar-refractivity contribution in [2.45, 2.75) is 0 Å². The van der Waals surface area contributed by atoms with Crippen molar-refractivity contribution in [1.82, 2.24) is 0 Å². The van der Waals surface area contributed by atoms with Crippen LogP contribution in [0, 0.1) is 0 Å². The lowest BCUT2D eigenvalue weighted by molar-refractivity contribution is 0.472. The number of fused-ring (bicyclic) bond motifs is 1. The van der Waals surface area contributed by atoms with Crippen LogP contribution in [0.4, 0.5) is 5.00 Å². The molecular weight excluding hydrogens is 386 g/mol. The van der Waals surface area contributed by atoms with Gasteiger partial charge in [0.25, 0.3) is 0 Å². The molecule has 3 nitrogen and oxygen atoms in total. The molecule has 4 rings (SSSR count). The van der Waals surface area contributed by atoms with Crippen LogP contribution >= 0.6 is 27.3 Å². The quantitative estimate of drug-likeness (QED) is 0.515. The second-order valence-corrected chi connectivity index (χ2v) is 7.30. The highest BCUT2D eigenvalue weighted by Crippen LogP contribution is 2.45. The summed E-state index contributed by atoms with van der Waals surface area (Å²) in [5.41, 5.74) is 4.46. The zero-order chi connectivity index (χ0) is 16.7. The number of anilines is 1. The Balaban J connectivity index is 1.87. The number of aliphatic hydroxyl groups excluding tert-OH is 1. The monoisotopic (exact) mass is 399 g/mol. The highest BCUT2D eigenvalue weighted by Gasteiger charge is 2.25. The van der Waals surface area contributed by atoms with Gasteiger partial charge in [0.05, 0.1) is 10.0 Å². The molecule has 3 aromatic rings. The molecule has 0 amide bonds. The first-order valence-electron chi connectivity index (χ1n) is 7.47. The molecule has 1 aliphatic rings. The van der Waals surface area contributed by atoms with Gasteiger partial charge in [0, 0.05) is 23.1 Å². The fourth-order valence-electron chi connectivity index (χ4n) is 2.90. The molecule has 0 unspecified atom stereocenters. The second kappa shape index (κ2) is 6.00. The molecule has 1 aliphatic heterocycles. The van der Waals surface area contributed by atoms with Crippen molar-refractivity contribution in [2.24, 2.45) is 0 Å². The molecule has 2 aromatic carbocycles. The molecule has 0 atom stereocenters. The van der Waals surface area contributed by atoms with Crippen LogP contribution < -0.4 is 5.32 Å². The highest BCUT2D eigenvalue weighted by atomic mass is 79.9. The van der Waals surface area contributed by atoms with Crippen LogP contribution in [-0.2, 0) is 0 Å². The SMILES string of the molecule is OC1=C(c2ccccc2)CNc2scc(-c3ccc(Br)c(O)c3)c21. The van der Waals surface area contributed by atoms with Crippen LogP contribution in [0.25, 0.3) is 22.5 Å². The minimum atomic E-state index is 0.183. The van der Waals surface area contributed by atoms with E-state index in [0.717, 1.165) is 32.8 Å².